The molecule has 0 bridgehead atoms. The van der Waals surface area contributed by atoms with Crippen LogP contribution in [0.5, 0.6) is 0 Å². The van der Waals surface area contributed by atoms with Gasteiger partial charge in [0.2, 0.25) is 0 Å². The van der Waals surface area contributed by atoms with Crippen molar-refractivity contribution in [2.24, 2.45) is 0 Å². The zero-order chi connectivity index (χ0) is 11.3. The molecule has 0 aromatic rings. The van der Waals surface area contributed by atoms with Gasteiger partial charge in [-0.15, -0.1) is 0 Å². The van der Waals surface area contributed by atoms with Crippen molar-refractivity contribution < 1.29 is 14.6 Å². The van der Waals surface area contributed by atoms with E-state index in [9.17, 15) is 5.11 Å². The highest BCUT2D eigenvalue weighted by molar-refractivity contribution is 4.91. The summed E-state index contributed by atoms with van der Waals surface area (Å²) < 4.78 is 10.8. The number of allylic oxidation sites excluding steroid dienone is 1. The highest BCUT2D eigenvalue weighted by atomic mass is 16.5. The van der Waals surface area contributed by atoms with Gasteiger partial charge in [0.25, 0.3) is 0 Å². The first-order chi connectivity index (χ1) is 7.85. The maximum absolute atomic E-state index is 9.50. The Kier molecular flexibility index (Phi) is 4.21. The normalized spacial score (nSPS) is 28.7. The van der Waals surface area contributed by atoms with E-state index in [4.69, 9.17) is 9.47 Å². The third kappa shape index (κ3) is 2.97. The number of rotatable bonds is 4. The second-order valence-electron chi connectivity index (χ2n) is 4.64. The monoisotopic (exact) mass is 227 g/mol. The summed E-state index contributed by atoms with van der Waals surface area (Å²) >= 11 is 0. The summed E-state index contributed by atoms with van der Waals surface area (Å²) in [6.45, 7) is 2.46. The Morgan fingerprint density at radius 2 is 2.19 bits per heavy atom. The number of ether oxygens (including phenoxy) is 2. The lowest BCUT2D eigenvalue weighted by atomic mass is 9.90. The topological polar surface area (TPSA) is 50.7 Å². The fourth-order valence-electron chi connectivity index (χ4n) is 2.22. The molecule has 2 aliphatic rings. The van der Waals surface area contributed by atoms with Gasteiger partial charge in [0.15, 0.2) is 0 Å². The number of aliphatic hydroxyl groups is 1. The Morgan fingerprint density at radius 3 is 2.81 bits per heavy atom. The molecule has 2 heterocycles. The van der Waals surface area contributed by atoms with E-state index >= 15 is 0 Å². The number of hydrogen-bond donors (Lipinski definition) is 2. The molecule has 0 saturated carbocycles. The second-order valence-corrected chi connectivity index (χ2v) is 4.64. The maximum Gasteiger partial charge on any atom is 0.110 e. The minimum atomic E-state index is -0.150. The Bertz CT molecular complexity index is 236. The quantitative estimate of drug-likeness (QED) is 0.746. The predicted molar refractivity (Wildman–Crippen MR) is 61.1 cm³/mol. The van der Waals surface area contributed by atoms with Gasteiger partial charge in [0.1, 0.15) is 6.10 Å². The van der Waals surface area contributed by atoms with Crippen molar-refractivity contribution in [1.29, 1.82) is 0 Å². The molecule has 1 unspecified atom stereocenters. The van der Waals surface area contributed by atoms with Gasteiger partial charge in [-0.1, -0.05) is 0 Å². The highest BCUT2D eigenvalue weighted by Gasteiger charge is 2.32. The van der Waals surface area contributed by atoms with Crippen molar-refractivity contribution in [2.75, 3.05) is 26.4 Å². The predicted octanol–water partition coefficient (Wildman–Crippen LogP) is 0.810. The SMILES string of the molecule is OCC1(NCC2CCC=CO2)CCOCC1. The summed E-state index contributed by atoms with van der Waals surface area (Å²) in [6.07, 6.45) is 7.98. The Hall–Kier alpha value is -0.580. The molecule has 0 aliphatic carbocycles. The minimum absolute atomic E-state index is 0.150. The fourth-order valence-corrected chi connectivity index (χ4v) is 2.22. The average molecular weight is 227 g/mol. The lowest BCUT2D eigenvalue weighted by Gasteiger charge is -2.37. The molecule has 2 aliphatic heterocycles. The molecule has 2 rings (SSSR count). The van der Waals surface area contributed by atoms with Crippen molar-refractivity contribution in [3.05, 3.63) is 12.3 Å². The van der Waals surface area contributed by atoms with Gasteiger partial charge >= 0.3 is 0 Å². The van der Waals surface area contributed by atoms with Crippen LogP contribution < -0.4 is 5.32 Å². The lowest BCUT2D eigenvalue weighted by Crippen LogP contribution is -2.54. The van der Waals surface area contributed by atoms with E-state index in [1.165, 1.54) is 0 Å². The average Bonchev–Trinajstić information content (AvgIpc) is 2.39. The molecular formula is C12H21NO3. The molecule has 16 heavy (non-hydrogen) atoms. The van der Waals surface area contributed by atoms with E-state index in [0.717, 1.165) is 45.4 Å². The van der Waals surface area contributed by atoms with E-state index in [0.29, 0.717) is 0 Å². The van der Waals surface area contributed by atoms with Crippen LogP contribution in [-0.4, -0.2) is 43.1 Å². The molecule has 0 aromatic carbocycles. The minimum Gasteiger partial charge on any atom is -0.497 e. The van der Waals surface area contributed by atoms with Crippen LogP contribution in [-0.2, 0) is 9.47 Å². The van der Waals surface area contributed by atoms with Gasteiger partial charge < -0.3 is 19.9 Å². The second kappa shape index (κ2) is 5.66. The zero-order valence-corrected chi connectivity index (χ0v) is 9.65. The highest BCUT2D eigenvalue weighted by Crippen LogP contribution is 2.20. The van der Waals surface area contributed by atoms with Gasteiger partial charge in [0.05, 0.1) is 12.9 Å². The number of hydrogen-bond acceptors (Lipinski definition) is 4. The van der Waals surface area contributed by atoms with Crippen molar-refractivity contribution in [3.63, 3.8) is 0 Å². The van der Waals surface area contributed by atoms with Crippen molar-refractivity contribution in [2.45, 2.75) is 37.3 Å². The molecule has 1 atom stereocenters. The van der Waals surface area contributed by atoms with Crippen LogP contribution in [0.15, 0.2) is 12.3 Å². The van der Waals surface area contributed by atoms with Gasteiger partial charge in [-0.3, -0.25) is 0 Å². The van der Waals surface area contributed by atoms with Crippen LogP contribution in [0.3, 0.4) is 0 Å². The third-order valence-electron chi connectivity index (χ3n) is 3.48. The molecule has 0 amide bonds. The van der Waals surface area contributed by atoms with Crippen LogP contribution >= 0.6 is 0 Å². The number of aliphatic hydroxyl groups excluding tert-OH is 1. The molecular weight excluding hydrogens is 206 g/mol. The van der Waals surface area contributed by atoms with Crippen LogP contribution in [0, 0.1) is 0 Å². The van der Waals surface area contributed by atoms with Crippen LogP contribution in [0.1, 0.15) is 25.7 Å². The van der Waals surface area contributed by atoms with E-state index in [2.05, 4.69) is 5.32 Å². The molecule has 92 valence electrons. The molecule has 0 radical (unpaired) electrons. The molecule has 4 nitrogen and oxygen atoms in total. The molecule has 0 spiro atoms. The van der Waals surface area contributed by atoms with Crippen molar-refractivity contribution >= 4 is 0 Å². The van der Waals surface area contributed by atoms with E-state index < -0.39 is 0 Å². The molecule has 1 fully saturated rings. The van der Waals surface area contributed by atoms with E-state index in [1.54, 1.807) is 6.26 Å². The zero-order valence-electron chi connectivity index (χ0n) is 9.65. The van der Waals surface area contributed by atoms with E-state index in [1.807, 2.05) is 6.08 Å². The van der Waals surface area contributed by atoms with Gasteiger partial charge in [0, 0.05) is 25.3 Å². The van der Waals surface area contributed by atoms with E-state index in [-0.39, 0.29) is 18.2 Å². The summed E-state index contributed by atoms with van der Waals surface area (Å²) in [7, 11) is 0. The summed E-state index contributed by atoms with van der Waals surface area (Å²) in [5.41, 5.74) is -0.150. The first-order valence-electron chi connectivity index (χ1n) is 6.09. The Balaban J connectivity index is 1.79. The summed E-state index contributed by atoms with van der Waals surface area (Å²) in [5.74, 6) is 0. The molecule has 0 aromatic heterocycles. The summed E-state index contributed by atoms with van der Waals surface area (Å²) in [6, 6.07) is 0. The molecule has 1 saturated heterocycles. The third-order valence-corrected chi connectivity index (χ3v) is 3.48. The maximum atomic E-state index is 9.50. The Labute approximate surface area is 96.6 Å². The van der Waals surface area contributed by atoms with Crippen molar-refractivity contribution in [1.82, 2.24) is 5.32 Å². The van der Waals surface area contributed by atoms with Crippen LogP contribution in [0.25, 0.3) is 0 Å². The van der Waals surface area contributed by atoms with Crippen LogP contribution in [0.2, 0.25) is 0 Å². The first kappa shape index (κ1) is 11.9. The summed E-state index contributed by atoms with van der Waals surface area (Å²) in [4.78, 5) is 0. The fraction of sp³-hybridized carbons (Fsp3) is 0.833. The van der Waals surface area contributed by atoms with Gasteiger partial charge in [-0.05, 0) is 31.8 Å². The largest absolute Gasteiger partial charge is 0.497 e. The standard InChI is InChI=1S/C12H21NO3/c14-10-12(4-7-15-8-5-12)13-9-11-3-1-2-6-16-11/h2,6,11,13-14H,1,3-5,7-10H2. The molecule has 4 heteroatoms. The number of nitrogens with one attached hydrogen (secondary N) is 1. The van der Waals surface area contributed by atoms with Gasteiger partial charge in [-0.2, -0.15) is 0 Å². The summed E-state index contributed by atoms with van der Waals surface area (Å²) in [5, 5.41) is 13.0. The molecule has 2 N–H and O–H groups in total. The Morgan fingerprint density at radius 1 is 1.38 bits per heavy atom. The van der Waals surface area contributed by atoms with Crippen LogP contribution in [0.4, 0.5) is 0 Å². The lowest BCUT2D eigenvalue weighted by molar-refractivity contribution is 0.00413. The van der Waals surface area contributed by atoms with Gasteiger partial charge in [-0.25, -0.2) is 0 Å². The first-order valence-corrected chi connectivity index (χ1v) is 6.09. The smallest absolute Gasteiger partial charge is 0.110 e. The van der Waals surface area contributed by atoms with Crippen molar-refractivity contribution in [3.8, 4) is 0 Å².